The smallest absolute Gasteiger partial charge is 0.128 e. The van der Waals surface area contributed by atoms with Crippen molar-refractivity contribution in [3.8, 4) is 0 Å². The fourth-order valence-corrected chi connectivity index (χ4v) is 2.80. The lowest BCUT2D eigenvalue weighted by atomic mass is 9.99. The monoisotopic (exact) mass is 287 g/mol. The second-order valence-electron chi connectivity index (χ2n) is 5.78. The van der Waals surface area contributed by atoms with Gasteiger partial charge in [0.1, 0.15) is 11.6 Å². The van der Waals surface area contributed by atoms with Crippen LogP contribution in [0.15, 0.2) is 48.5 Å². The first kappa shape index (κ1) is 14.2. The number of rotatable bonds is 5. The van der Waals surface area contributed by atoms with Gasteiger partial charge in [-0.3, -0.25) is 0 Å². The summed E-state index contributed by atoms with van der Waals surface area (Å²) in [5.74, 6) is -0.173. The first-order valence-electron chi connectivity index (χ1n) is 7.41. The lowest BCUT2D eigenvalue weighted by Gasteiger charge is -2.24. The topological polar surface area (TPSA) is 12.0 Å². The van der Waals surface area contributed by atoms with Crippen LogP contribution in [0, 0.1) is 17.6 Å². The molecular formula is C18H19F2N. The molecule has 0 aliphatic heterocycles. The maximum Gasteiger partial charge on any atom is 0.128 e. The number of hydrogen-bond donors (Lipinski definition) is 1. The van der Waals surface area contributed by atoms with Crippen molar-refractivity contribution >= 4 is 0 Å². The zero-order valence-electron chi connectivity index (χ0n) is 12.0. The van der Waals surface area contributed by atoms with Crippen molar-refractivity contribution in [2.45, 2.75) is 31.8 Å². The normalized spacial score (nSPS) is 17.5. The van der Waals surface area contributed by atoms with Crippen molar-refractivity contribution < 1.29 is 8.78 Å². The number of hydrogen-bond acceptors (Lipinski definition) is 1. The summed E-state index contributed by atoms with van der Waals surface area (Å²) < 4.78 is 27.2. The molecule has 1 aliphatic carbocycles. The molecule has 0 spiro atoms. The van der Waals surface area contributed by atoms with Crippen LogP contribution in [0.3, 0.4) is 0 Å². The quantitative estimate of drug-likeness (QED) is 0.835. The van der Waals surface area contributed by atoms with Crippen molar-refractivity contribution in [1.82, 2.24) is 5.32 Å². The molecule has 0 amide bonds. The molecule has 2 aromatic carbocycles. The Kier molecular flexibility index (Phi) is 4.02. The third kappa shape index (κ3) is 3.30. The molecule has 0 heterocycles. The molecule has 1 saturated carbocycles. The maximum absolute atomic E-state index is 13.9. The average molecular weight is 287 g/mol. The van der Waals surface area contributed by atoms with Gasteiger partial charge in [-0.1, -0.05) is 30.3 Å². The predicted molar refractivity (Wildman–Crippen MR) is 79.8 cm³/mol. The Balaban J connectivity index is 1.81. The van der Waals surface area contributed by atoms with Crippen LogP contribution in [-0.2, 0) is 0 Å². The van der Waals surface area contributed by atoms with Gasteiger partial charge < -0.3 is 5.32 Å². The summed E-state index contributed by atoms with van der Waals surface area (Å²) >= 11 is 0. The Morgan fingerprint density at radius 3 is 2.43 bits per heavy atom. The lowest BCUT2D eigenvalue weighted by Crippen LogP contribution is -2.27. The standard InChI is InChI=1S/C18H19F2N/c1-12(16-11-15(19)9-10-17(16)20)21-18(14-7-8-14)13-5-3-2-4-6-13/h2-6,9-12,14,18,21H,7-8H2,1H3. The van der Waals surface area contributed by atoms with Gasteiger partial charge in [-0.25, -0.2) is 8.78 Å². The van der Waals surface area contributed by atoms with E-state index < -0.39 is 5.82 Å². The van der Waals surface area contributed by atoms with E-state index in [1.54, 1.807) is 0 Å². The van der Waals surface area contributed by atoms with Gasteiger partial charge in [0.15, 0.2) is 0 Å². The van der Waals surface area contributed by atoms with E-state index in [2.05, 4.69) is 17.4 Å². The van der Waals surface area contributed by atoms with Gasteiger partial charge in [0.05, 0.1) is 0 Å². The Morgan fingerprint density at radius 2 is 1.76 bits per heavy atom. The van der Waals surface area contributed by atoms with Crippen LogP contribution in [0.1, 0.15) is 43.0 Å². The van der Waals surface area contributed by atoms with E-state index in [0.717, 1.165) is 6.07 Å². The van der Waals surface area contributed by atoms with Crippen molar-refractivity contribution in [3.05, 3.63) is 71.3 Å². The lowest BCUT2D eigenvalue weighted by molar-refractivity contribution is 0.415. The van der Waals surface area contributed by atoms with Crippen LogP contribution in [0.25, 0.3) is 0 Å². The summed E-state index contributed by atoms with van der Waals surface area (Å²) in [6.07, 6.45) is 2.37. The minimum Gasteiger partial charge on any atom is -0.303 e. The van der Waals surface area contributed by atoms with E-state index >= 15 is 0 Å². The predicted octanol–water partition coefficient (Wildman–Crippen LogP) is 4.77. The number of benzene rings is 2. The van der Waals surface area contributed by atoms with Gasteiger partial charge in [-0.15, -0.1) is 0 Å². The Bertz CT molecular complexity index is 608. The first-order valence-corrected chi connectivity index (χ1v) is 7.41. The van der Waals surface area contributed by atoms with Gasteiger partial charge >= 0.3 is 0 Å². The second-order valence-corrected chi connectivity index (χ2v) is 5.78. The highest BCUT2D eigenvalue weighted by molar-refractivity contribution is 5.25. The highest BCUT2D eigenvalue weighted by Crippen LogP contribution is 2.42. The molecule has 3 heteroatoms. The Hall–Kier alpha value is -1.74. The summed E-state index contributed by atoms with van der Waals surface area (Å²) in [4.78, 5) is 0. The molecule has 1 nitrogen and oxygen atoms in total. The van der Waals surface area contributed by atoms with Crippen LogP contribution in [-0.4, -0.2) is 0 Å². The molecule has 1 N–H and O–H groups in total. The zero-order chi connectivity index (χ0) is 14.8. The highest BCUT2D eigenvalue weighted by atomic mass is 19.1. The van der Waals surface area contributed by atoms with Gasteiger partial charge in [-0.05, 0) is 49.4 Å². The summed E-state index contributed by atoms with van der Waals surface area (Å²) in [5.41, 5.74) is 1.60. The third-order valence-corrected chi connectivity index (χ3v) is 4.11. The fraction of sp³-hybridized carbons (Fsp3) is 0.333. The first-order chi connectivity index (χ1) is 10.1. The average Bonchev–Trinajstić information content (AvgIpc) is 3.32. The Morgan fingerprint density at radius 1 is 1.05 bits per heavy atom. The fourth-order valence-electron chi connectivity index (χ4n) is 2.80. The van der Waals surface area contributed by atoms with Crippen LogP contribution < -0.4 is 5.32 Å². The number of nitrogens with one attached hydrogen (secondary N) is 1. The molecule has 2 aromatic rings. The zero-order valence-corrected chi connectivity index (χ0v) is 12.0. The van der Waals surface area contributed by atoms with Crippen molar-refractivity contribution in [2.75, 3.05) is 0 Å². The van der Waals surface area contributed by atoms with Crippen molar-refractivity contribution in [3.63, 3.8) is 0 Å². The minimum absolute atomic E-state index is 0.198. The molecule has 21 heavy (non-hydrogen) atoms. The van der Waals surface area contributed by atoms with E-state index in [4.69, 9.17) is 0 Å². The highest BCUT2D eigenvalue weighted by Gasteiger charge is 2.33. The van der Waals surface area contributed by atoms with Crippen molar-refractivity contribution in [1.29, 1.82) is 0 Å². The SMILES string of the molecule is CC(NC(c1ccccc1)C1CC1)c1cc(F)ccc1F. The molecule has 2 unspecified atom stereocenters. The summed E-state index contributed by atoms with van der Waals surface area (Å²) in [7, 11) is 0. The van der Waals surface area contributed by atoms with E-state index in [1.165, 1.54) is 30.5 Å². The van der Waals surface area contributed by atoms with Gasteiger partial charge in [0, 0.05) is 17.6 Å². The van der Waals surface area contributed by atoms with Gasteiger partial charge in [0.2, 0.25) is 0 Å². The molecule has 3 rings (SSSR count). The van der Waals surface area contributed by atoms with Gasteiger partial charge in [0.25, 0.3) is 0 Å². The molecule has 0 radical (unpaired) electrons. The maximum atomic E-state index is 13.9. The molecule has 0 saturated heterocycles. The van der Waals surface area contributed by atoms with Crippen LogP contribution in [0.5, 0.6) is 0 Å². The van der Waals surface area contributed by atoms with Crippen LogP contribution in [0.4, 0.5) is 8.78 Å². The van der Waals surface area contributed by atoms with E-state index in [-0.39, 0.29) is 17.9 Å². The van der Waals surface area contributed by atoms with Crippen LogP contribution in [0.2, 0.25) is 0 Å². The summed E-state index contributed by atoms with van der Waals surface area (Å²) in [6.45, 7) is 1.89. The molecule has 0 aromatic heterocycles. The van der Waals surface area contributed by atoms with Crippen LogP contribution >= 0.6 is 0 Å². The van der Waals surface area contributed by atoms with E-state index in [9.17, 15) is 8.78 Å². The Labute approximate surface area is 124 Å². The summed E-state index contributed by atoms with van der Waals surface area (Å²) in [6, 6.07) is 13.8. The van der Waals surface area contributed by atoms with Gasteiger partial charge in [-0.2, -0.15) is 0 Å². The number of halogens is 2. The molecule has 110 valence electrons. The third-order valence-electron chi connectivity index (χ3n) is 4.11. The molecule has 1 fully saturated rings. The molecular weight excluding hydrogens is 268 g/mol. The second kappa shape index (κ2) is 5.94. The molecule has 0 bridgehead atoms. The van der Waals surface area contributed by atoms with E-state index in [1.807, 2.05) is 25.1 Å². The minimum atomic E-state index is -0.400. The molecule has 1 aliphatic rings. The summed E-state index contributed by atoms with van der Waals surface area (Å²) in [5, 5.41) is 3.47. The largest absolute Gasteiger partial charge is 0.303 e. The molecule has 2 atom stereocenters. The van der Waals surface area contributed by atoms with Crippen molar-refractivity contribution in [2.24, 2.45) is 5.92 Å². The van der Waals surface area contributed by atoms with E-state index in [0.29, 0.717) is 11.5 Å².